The number of guanidine groups is 1. The monoisotopic (exact) mass is 458 g/mol. The smallest absolute Gasteiger partial charge is 0.246 e. The first-order valence-electron chi connectivity index (χ1n) is 8.57. The molecule has 0 bridgehead atoms. The Morgan fingerprint density at radius 1 is 1.44 bits per heavy atom. The maximum absolute atomic E-state index is 12.6. The first kappa shape index (κ1) is 20.0. The third-order valence-corrected chi connectivity index (χ3v) is 4.72. The Hall–Kier alpha value is -1.35. The van der Waals surface area contributed by atoms with Crippen LogP contribution in [0.1, 0.15) is 12.0 Å². The average molecular weight is 458 g/mol. The first-order chi connectivity index (χ1) is 11.7. The van der Waals surface area contributed by atoms with E-state index in [9.17, 15) is 4.79 Å². The van der Waals surface area contributed by atoms with Gasteiger partial charge in [0.05, 0.1) is 13.2 Å². The van der Waals surface area contributed by atoms with Crippen molar-refractivity contribution in [3.05, 3.63) is 29.8 Å². The highest BCUT2D eigenvalue weighted by molar-refractivity contribution is 14.0. The number of para-hydroxylation sites is 1. The van der Waals surface area contributed by atoms with E-state index < -0.39 is 0 Å². The molecule has 1 atom stereocenters. The second-order valence-electron chi connectivity index (χ2n) is 6.43. The lowest BCUT2D eigenvalue weighted by Gasteiger charge is -2.25. The van der Waals surface area contributed by atoms with Crippen LogP contribution < -0.4 is 10.2 Å². The van der Waals surface area contributed by atoms with Gasteiger partial charge in [0.25, 0.3) is 0 Å². The third-order valence-electron chi connectivity index (χ3n) is 4.72. The van der Waals surface area contributed by atoms with Gasteiger partial charge in [-0.15, -0.1) is 24.0 Å². The number of benzene rings is 1. The molecule has 138 valence electrons. The number of carbonyl (C=O) groups is 1. The number of hydrogen-bond acceptors (Lipinski definition) is 3. The maximum atomic E-state index is 12.6. The van der Waals surface area contributed by atoms with E-state index >= 15 is 0 Å². The van der Waals surface area contributed by atoms with Crippen molar-refractivity contribution in [2.45, 2.75) is 12.8 Å². The number of halogens is 1. The number of fused-ring (bicyclic) bond motifs is 1. The zero-order chi connectivity index (χ0) is 16.9. The predicted molar refractivity (Wildman–Crippen MR) is 111 cm³/mol. The van der Waals surface area contributed by atoms with Crippen LogP contribution in [0.4, 0.5) is 5.69 Å². The van der Waals surface area contributed by atoms with Gasteiger partial charge in [-0.05, 0) is 24.5 Å². The van der Waals surface area contributed by atoms with Gasteiger partial charge < -0.3 is 19.9 Å². The lowest BCUT2D eigenvalue weighted by Crippen LogP contribution is -2.46. The Kier molecular flexibility index (Phi) is 7.49. The molecule has 1 N–H and O–H groups in total. The first-order valence-corrected chi connectivity index (χ1v) is 8.57. The number of rotatable bonds is 4. The fourth-order valence-electron chi connectivity index (χ4n) is 3.43. The summed E-state index contributed by atoms with van der Waals surface area (Å²) in [5.41, 5.74) is 2.28. The van der Waals surface area contributed by atoms with Crippen LogP contribution in [0, 0.1) is 5.92 Å². The normalized spacial score (nSPS) is 19.4. The van der Waals surface area contributed by atoms with E-state index in [4.69, 9.17) is 4.74 Å². The topological polar surface area (TPSA) is 57.2 Å². The Morgan fingerprint density at radius 2 is 2.24 bits per heavy atom. The number of amides is 1. The summed E-state index contributed by atoms with van der Waals surface area (Å²) in [7, 11) is 3.75. The van der Waals surface area contributed by atoms with E-state index in [2.05, 4.69) is 21.3 Å². The van der Waals surface area contributed by atoms with Crippen molar-refractivity contribution in [1.82, 2.24) is 10.2 Å². The molecule has 25 heavy (non-hydrogen) atoms. The minimum atomic E-state index is 0. The predicted octanol–water partition coefficient (Wildman–Crippen LogP) is 1.74. The van der Waals surface area contributed by atoms with Crippen molar-refractivity contribution < 1.29 is 9.53 Å². The zero-order valence-corrected chi connectivity index (χ0v) is 17.2. The van der Waals surface area contributed by atoms with E-state index in [0.29, 0.717) is 5.92 Å². The summed E-state index contributed by atoms with van der Waals surface area (Å²) in [5, 5.41) is 3.19. The number of ether oxygens (including phenoxy) is 1. The van der Waals surface area contributed by atoms with Gasteiger partial charge >= 0.3 is 0 Å². The van der Waals surface area contributed by atoms with E-state index in [1.54, 1.807) is 7.05 Å². The summed E-state index contributed by atoms with van der Waals surface area (Å²) in [4.78, 5) is 20.8. The van der Waals surface area contributed by atoms with Crippen LogP contribution in [-0.2, 0) is 16.0 Å². The zero-order valence-electron chi connectivity index (χ0n) is 14.9. The number of aliphatic imine (C=N–C) groups is 1. The molecule has 2 aliphatic rings. The highest BCUT2D eigenvalue weighted by atomic mass is 127. The van der Waals surface area contributed by atoms with Crippen LogP contribution >= 0.6 is 24.0 Å². The Bertz CT molecular complexity index is 617. The number of carbonyl (C=O) groups excluding carboxylic acids is 1. The third kappa shape index (κ3) is 4.84. The molecule has 1 saturated heterocycles. The summed E-state index contributed by atoms with van der Waals surface area (Å²) >= 11 is 0. The Balaban J connectivity index is 0.00000225. The van der Waals surface area contributed by atoms with Gasteiger partial charge in [0, 0.05) is 45.4 Å². The van der Waals surface area contributed by atoms with Gasteiger partial charge in [0.2, 0.25) is 5.91 Å². The highest BCUT2D eigenvalue weighted by Crippen LogP contribution is 2.27. The van der Waals surface area contributed by atoms with Crippen molar-refractivity contribution in [1.29, 1.82) is 0 Å². The fraction of sp³-hybridized carbons (Fsp3) is 0.556. The molecule has 1 amide bonds. The molecule has 0 aliphatic carbocycles. The van der Waals surface area contributed by atoms with E-state index in [1.807, 2.05) is 30.1 Å². The summed E-state index contributed by atoms with van der Waals surface area (Å²) in [5.74, 6) is 1.37. The summed E-state index contributed by atoms with van der Waals surface area (Å²) < 4.78 is 5.42. The van der Waals surface area contributed by atoms with Crippen LogP contribution in [0.25, 0.3) is 0 Å². The molecular formula is C18H27IN4O2. The molecule has 0 saturated carbocycles. The molecule has 1 unspecified atom stereocenters. The summed E-state index contributed by atoms with van der Waals surface area (Å²) in [6, 6.07) is 8.11. The van der Waals surface area contributed by atoms with E-state index in [0.717, 1.165) is 50.8 Å². The minimum Gasteiger partial charge on any atom is -0.381 e. The lowest BCUT2D eigenvalue weighted by molar-refractivity contribution is -0.117. The lowest BCUT2D eigenvalue weighted by atomic mass is 10.1. The van der Waals surface area contributed by atoms with Gasteiger partial charge in [-0.3, -0.25) is 9.79 Å². The maximum Gasteiger partial charge on any atom is 0.246 e. The molecule has 1 fully saturated rings. The summed E-state index contributed by atoms with van der Waals surface area (Å²) in [6.45, 7) is 3.56. The Labute approximate surface area is 166 Å². The molecule has 0 spiro atoms. The standard InChI is InChI=1S/C18H26N4O2.HI/c1-19-18(21(2)12-14-8-10-24-13-14)20-11-17(23)22-9-7-15-5-3-4-6-16(15)22;/h3-6,14H,7-13H2,1-2H3,(H,19,20);1H. The van der Waals surface area contributed by atoms with Gasteiger partial charge in [-0.1, -0.05) is 18.2 Å². The average Bonchev–Trinajstić information content (AvgIpc) is 3.24. The molecule has 1 aromatic carbocycles. The van der Waals surface area contributed by atoms with Gasteiger partial charge in [0.1, 0.15) is 0 Å². The molecule has 7 heteroatoms. The van der Waals surface area contributed by atoms with Crippen molar-refractivity contribution in [3.63, 3.8) is 0 Å². The quantitative estimate of drug-likeness (QED) is 0.425. The van der Waals surface area contributed by atoms with Crippen molar-refractivity contribution in [2.24, 2.45) is 10.9 Å². The molecule has 2 heterocycles. The van der Waals surface area contributed by atoms with E-state index in [-0.39, 0.29) is 36.4 Å². The van der Waals surface area contributed by atoms with Crippen LogP contribution in [-0.4, -0.2) is 63.7 Å². The van der Waals surface area contributed by atoms with Crippen LogP contribution in [0.3, 0.4) is 0 Å². The molecule has 3 rings (SSSR count). The van der Waals surface area contributed by atoms with Gasteiger partial charge in [-0.25, -0.2) is 0 Å². The molecule has 6 nitrogen and oxygen atoms in total. The minimum absolute atomic E-state index is 0. The van der Waals surface area contributed by atoms with Crippen LogP contribution in [0.15, 0.2) is 29.3 Å². The number of nitrogens with zero attached hydrogens (tertiary/aromatic N) is 3. The van der Waals surface area contributed by atoms with Crippen molar-refractivity contribution >= 4 is 41.5 Å². The second kappa shape index (κ2) is 9.38. The number of nitrogens with one attached hydrogen (secondary N) is 1. The molecule has 2 aliphatic heterocycles. The van der Waals surface area contributed by atoms with Crippen LogP contribution in [0.5, 0.6) is 0 Å². The molecule has 1 aromatic rings. The van der Waals surface area contributed by atoms with Crippen molar-refractivity contribution in [2.75, 3.05) is 51.8 Å². The molecular weight excluding hydrogens is 431 g/mol. The summed E-state index contributed by atoms with van der Waals surface area (Å²) in [6.07, 6.45) is 2.02. The SMILES string of the molecule is CN=C(NCC(=O)N1CCc2ccccc21)N(C)CC1CCOC1.I. The van der Waals surface area contributed by atoms with E-state index in [1.165, 1.54) is 5.56 Å². The molecule has 0 aromatic heterocycles. The largest absolute Gasteiger partial charge is 0.381 e. The van der Waals surface area contributed by atoms with Gasteiger partial charge in [0.15, 0.2) is 5.96 Å². The van der Waals surface area contributed by atoms with Gasteiger partial charge in [-0.2, -0.15) is 0 Å². The van der Waals surface area contributed by atoms with Crippen LogP contribution in [0.2, 0.25) is 0 Å². The number of anilines is 1. The highest BCUT2D eigenvalue weighted by Gasteiger charge is 2.24. The second-order valence-corrected chi connectivity index (χ2v) is 6.43. The fourth-order valence-corrected chi connectivity index (χ4v) is 3.43. The molecule has 0 radical (unpaired) electrons. The van der Waals surface area contributed by atoms with Crippen molar-refractivity contribution in [3.8, 4) is 0 Å². The Morgan fingerprint density at radius 3 is 2.96 bits per heavy atom. The number of hydrogen-bond donors (Lipinski definition) is 1.